The minimum atomic E-state index is 0. The molecular weight excluding hydrogens is 301 g/mol. The smallest absolute Gasteiger partial charge is 1.00 e. The molecule has 4 heavy (non-hydrogen) atoms. The Hall–Kier alpha value is 3.32. The Kier molecular flexibility index (Phi) is 108. The van der Waals surface area contributed by atoms with Gasteiger partial charge >= 0.3 is 56.6 Å². The minimum absolute atomic E-state index is 0. The summed E-state index contributed by atoms with van der Waals surface area (Å²) >= 11 is 0. The average Bonchev–Trinajstić information content (AvgIpc) is 0. The van der Waals surface area contributed by atoms with Crippen LogP contribution in [-0.2, 0) is 0 Å². The Morgan fingerprint density at radius 2 is 1.00 bits per heavy atom. The van der Waals surface area contributed by atoms with E-state index in [9.17, 15) is 0 Å². The van der Waals surface area contributed by atoms with Crippen molar-refractivity contribution in [1.82, 2.24) is 0 Å². The zero-order valence-electron chi connectivity index (χ0n) is 5.52. The Balaban J connectivity index is 0. The number of hydrogen-bond acceptors (Lipinski definition) is 0. The van der Waals surface area contributed by atoms with Crippen LogP contribution in [0.1, 0.15) is 4.28 Å². The second-order valence-corrected chi connectivity index (χ2v) is 0. The molecule has 0 saturated carbocycles. The first kappa shape index (κ1) is 26.5. The monoisotopic (exact) mass is 306 g/mol. The molecule has 0 spiro atoms. The van der Waals surface area contributed by atoms with Gasteiger partial charge in [0.15, 0.2) is 0 Å². The van der Waals surface area contributed by atoms with Crippen LogP contribution in [0.5, 0.6) is 0 Å². The van der Waals surface area contributed by atoms with E-state index in [0.717, 1.165) is 0 Å². The van der Waals surface area contributed by atoms with Crippen molar-refractivity contribution in [3.8, 4) is 0 Å². The van der Waals surface area contributed by atoms with Crippen LogP contribution in [0.4, 0.5) is 0 Å². The maximum absolute atomic E-state index is 0. The molecule has 0 rings (SSSR count). The molecule has 0 nitrogen and oxygen atoms in total. The topological polar surface area (TPSA) is 0 Å². The first-order valence-electron chi connectivity index (χ1n) is 0. The van der Waals surface area contributed by atoms with Crippen molar-refractivity contribution in [1.29, 1.82) is 0 Å². The molecule has 0 radical (unpaired) electrons. The van der Waals surface area contributed by atoms with Crippen LogP contribution in [0.15, 0.2) is 0 Å². The first-order valence-corrected chi connectivity index (χ1v) is 0. The fourth-order valence-corrected chi connectivity index (χ4v) is 0. The van der Waals surface area contributed by atoms with Gasteiger partial charge in [0, 0.05) is 0 Å². The molecule has 0 amide bonds. The maximum Gasteiger partial charge on any atom is 2.00 e. The molecule has 0 fully saturated rings. The predicted molar refractivity (Wildman–Crippen MR) is 39.9 cm³/mol. The molecule has 0 heterocycles. The van der Waals surface area contributed by atoms with Gasteiger partial charge < -0.3 is 4.28 Å². The zero-order valence-corrected chi connectivity index (χ0v) is 9.39. The van der Waals surface area contributed by atoms with Gasteiger partial charge in [-0.15, -0.1) is 48.0 Å². The molecule has 0 bridgehead atoms. The van der Waals surface area contributed by atoms with Gasteiger partial charge in [-0.05, 0) is 0 Å². The molecule has 0 aromatic rings. The van der Waals surface area contributed by atoms with E-state index >= 15 is 0 Å². The third-order valence-electron chi connectivity index (χ3n) is 0. The van der Waals surface area contributed by atoms with Gasteiger partial charge in [0.05, 0.1) is 0 Å². The molecule has 0 aliphatic rings. The number of halogens is 2. The summed E-state index contributed by atoms with van der Waals surface area (Å²) in [5, 5.41) is 0. The third-order valence-corrected chi connectivity index (χ3v) is 0. The van der Waals surface area contributed by atoms with E-state index in [0.29, 0.717) is 0 Å². The summed E-state index contributed by atoms with van der Waals surface area (Å²) in [5.41, 5.74) is 0. The Morgan fingerprint density at radius 1 is 1.00 bits per heavy atom. The van der Waals surface area contributed by atoms with Crippen molar-refractivity contribution < 1.29 is 23.1 Å². The third kappa shape index (κ3) is 9.01. The van der Waals surface area contributed by atoms with Gasteiger partial charge in [-0.25, -0.2) is 0 Å². The van der Waals surface area contributed by atoms with E-state index in [2.05, 4.69) is 0 Å². The number of rotatable bonds is 0. The van der Waals surface area contributed by atoms with Crippen LogP contribution >= 0.6 is 48.0 Å². The van der Waals surface area contributed by atoms with Crippen molar-refractivity contribution in [2.75, 3.05) is 0 Å². The van der Waals surface area contributed by atoms with Crippen LogP contribution in [-0.4, -0.2) is 37.7 Å². The van der Waals surface area contributed by atoms with E-state index < -0.39 is 0 Å². The van der Waals surface area contributed by atoms with Crippen LogP contribution in [0.2, 0.25) is 0 Å². The summed E-state index contributed by atoms with van der Waals surface area (Å²) in [6.07, 6.45) is 0. The zero-order chi connectivity index (χ0) is 0. The van der Waals surface area contributed by atoms with E-state index in [1.54, 1.807) is 0 Å². The Bertz CT molecular complexity index is 12.9. The number of hydrogen-bond donors (Lipinski definition) is 0. The molecule has 0 aliphatic heterocycles. The summed E-state index contributed by atoms with van der Waals surface area (Å²) in [7, 11) is 0. The van der Waals surface area contributed by atoms with Gasteiger partial charge in [-0.2, -0.15) is 0 Å². The predicted octanol–water partition coefficient (Wildman–Crippen LogP) is -1.80. The summed E-state index contributed by atoms with van der Waals surface area (Å²) in [5.74, 6) is 0. The standard InChI is InChI=1S/Ca.2HI.Li.3H/h;2*1H;;;;/q+2;;;+1;3*-1. The van der Waals surface area contributed by atoms with Crippen LogP contribution < -0.4 is 18.9 Å². The minimum Gasteiger partial charge on any atom is -1.00 e. The fraction of sp³-hybridized carbons (Fsp3) is 0. The molecule has 0 atom stereocenters. The van der Waals surface area contributed by atoms with Crippen molar-refractivity contribution in [3.05, 3.63) is 0 Å². The molecule has 0 N–H and O–H groups in total. The summed E-state index contributed by atoms with van der Waals surface area (Å²) in [4.78, 5) is 0. The van der Waals surface area contributed by atoms with Gasteiger partial charge in [0.25, 0.3) is 0 Å². The van der Waals surface area contributed by atoms with Gasteiger partial charge in [0.1, 0.15) is 0 Å². The van der Waals surface area contributed by atoms with Crippen molar-refractivity contribution in [2.45, 2.75) is 0 Å². The van der Waals surface area contributed by atoms with E-state index in [-0.39, 0.29) is 109 Å². The molecule has 0 saturated heterocycles. The van der Waals surface area contributed by atoms with Gasteiger partial charge in [-0.1, -0.05) is 0 Å². The molecule has 0 aliphatic carbocycles. The Morgan fingerprint density at radius 3 is 1.00 bits per heavy atom. The molecule has 0 unspecified atom stereocenters. The second kappa shape index (κ2) is 16.2. The van der Waals surface area contributed by atoms with Gasteiger partial charge in [0.2, 0.25) is 0 Å². The first-order chi connectivity index (χ1) is 0. The van der Waals surface area contributed by atoms with Crippen molar-refractivity contribution in [2.24, 2.45) is 0 Å². The molecule has 0 aromatic heterocycles. The summed E-state index contributed by atoms with van der Waals surface area (Å²) in [6.45, 7) is 0. The average molecular weight is 306 g/mol. The van der Waals surface area contributed by atoms with Crippen LogP contribution in [0.3, 0.4) is 0 Å². The fourth-order valence-electron chi connectivity index (χ4n) is 0. The molecule has 22 valence electrons. The van der Waals surface area contributed by atoms with E-state index in [1.807, 2.05) is 0 Å². The van der Waals surface area contributed by atoms with E-state index in [4.69, 9.17) is 0 Å². The Labute approximate surface area is 107 Å². The summed E-state index contributed by atoms with van der Waals surface area (Å²) < 4.78 is 0. The van der Waals surface area contributed by atoms with Crippen molar-refractivity contribution in [3.63, 3.8) is 0 Å². The largest absolute Gasteiger partial charge is 2.00 e. The summed E-state index contributed by atoms with van der Waals surface area (Å²) in [6, 6.07) is 0. The maximum atomic E-state index is 0. The normalized spacial score (nSPS) is 0. The van der Waals surface area contributed by atoms with E-state index in [1.165, 1.54) is 0 Å². The SMILES string of the molecule is I.I.[Ca+2].[H-].[H-].[H-].[Li+]. The van der Waals surface area contributed by atoms with Crippen LogP contribution in [0, 0.1) is 0 Å². The molecular formula is H5CaI2Li. The molecule has 0 aromatic carbocycles. The quantitative estimate of drug-likeness (QED) is 0.366. The van der Waals surface area contributed by atoms with Crippen molar-refractivity contribution >= 4 is 85.7 Å². The van der Waals surface area contributed by atoms with Gasteiger partial charge in [-0.3, -0.25) is 0 Å². The van der Waals surface area contributed by atoms with Crippen LogP contribution in [0.25, 0.3) is 0 Å². The second-order valence-electron chi connectivity index (χ2n) is 0. The molecule has 4 heteroatoms.